The Kier molecular flexibility index (Phi) is 6.53. The Hall–Kier alpha value is -2.58. The lowest BCUT2D eigenvalue weighted by atomic mass is 9.96. The van der Waals surface area contributed by atoms with Crippen molar-refractivity contribution in [3.8, 4) is 5.75 Å². The van der Waals surface area contributed by atoms with E-state index >= 15 is 0 Å². The summed E-state index contributed by atoms with van der Waals surface area (Å²) in [7, 11) is 1.42. The molecule has 1 aliphatic rings. The lowest BCUT2D eigenvalue weighted by Gasteiger charge is -2.13. The van der Waals surface area contributed by atoms with Crippen molar-refractivity contribution in [2.45, 2.75) is 25.7 Å². The fourth-order valence-electron chi connectivity index (χ4n) is 2.96. The van der Waals surface area contributed by atoms with Gasteiger partial charge in [0.15, 0.2) is 6.61 Å². The highest BCUT2D eigenvalue weighted by molar-refractivity contribution is 7.10. The number of hydrogen-bond donors (Lipinski definition) is 2. The van der Waals surface area contributed by atoms with Crippen molar-refractivity contribution in [3.05, 3.63) is 50.2 Å². The topological polar surface area (TPSA) is 93.7 Å². The Morgan fingerprint density at radius 3 is 2.71 bits per heavy atom. The van der Waals surface area contributed by atoms with Crippen molar-refractivity contribution in [2.75, 3.05) is 13.7 Å². The molecule has 0 unspecified atom stereocenters. The van der Waals surface area contributed by atoms with Gasteiger partial charge >= 0.3 is 5.97 Å². The van der Waals surface area contributed by atoms with Gasteiger partial charge in [0.2, 0.25) is 0 Å². The number of benzene rings is 1. The molecule has 148 valence electrons. The van der Waals surface area contributed by atoms with Crippen molar-refractivity contribution in [1.82, 2.24) is 10.9 Å². The average Bonchev–Trinajstić information content (AvgIpc) is 3.14. The average molecular weight is 423 g/mol. The number of fused-ring (bicyclic) bond motifs is 1. The minimum Gasteiger partial charge on any atom is -0.496 e. The van der Waals surface area contributed by atoms with Gasteiger partial charge in [-0.2, -0.15) is 0 Å². The van der Waals surface area contributed by atoms with E-state index in [1.807, 2.05) is 0 Å². The van der Waals surface area contributed by atoms with Gasteiger partial charge in [-0.15, -0.1) is 11.3 Å². The molecule has 7 nitrogen and oxygen atoms in total. The van der Waals surface area contributed by atoms with Crippen LogP contribution in [0.2, 0.25) is 5.02 Å². The highest BCUT2D eigenvalue weighted by atomic mass is 35.5. The number of halogens is 1. The highest BCUT2D eigenvalue weighted by Crippen LogP contribution is 2.30. The molecule has 0 saturated heterocycles. The van der Waals surface area contributed by atoms with Crippen molar-refractivity contribution in [1.29, 1.82) is 0 Å². The van der Waals surface area contributed by atoms with Crippen molar-refractivity contribution >= 4 is 40.7 Å². The minimum absolute atomic E-state index is 0.164. The van der Waals surface area contributed by atoms with Gasteiger partial charge in [-0.1, -0.05) is 11.6 Å². The summed E-state index contributed by atoms with van der Waals surface area (Å²) in [5.41, 5.74) is 6.17. The summed E-state index contributed by atoms with van der Waals surface area (Å²) in [6.07, 6.45) is 4.00. The van der Waals surface area contributed by atoms with E-state index in [0.29, 0.717) is 16.3 Å². The zero-order chi connectivity index (χ0) is 20.1. The SMILES string of the molecule is COc1ccc(Cl)cc1C(=O)NNC(=O)COC(=O)c1csc2c1CCCC2. The Morgan fingerprint density at radius 2 is 1.93 bits per heavy atom. The molecule has 2 N–H and O–H groups in total. The van der Waals surface area contributed by atoms with E-state index in [4.69, 9.17) is 21.1 Å². The number of ether oxygens (including phenoxy) is 2. The third-order valence-electron chi connectivity index (χ3n) is 4.34. The smallest absolute Gasteiger partial charge is 0.339 e. The minimum atomic E-state index is -0.660. The van der Waals surface area contributed by atoms with Crippen LogP contribution >= 0.6 is 22.9 Å². The van der Waals surface area contributed by atoms with E-state index in [0.717, 1.165) is 31.2 Å². The number of thiophene rings is 1. The maximum Gasteiger partial charge on any atom is 0.339 e. The second kappa shape index (κ2) is 9.07. The summed E-state index contributed by atoms with van der Waals surface area (Å²) in [6.45, 7) is -0.504. The summed E-state index contributed by atoms with van der Waals surface area (Å²) in [4.78, 5) is 37.6. The van der Waals surface area contributed by atoms with E-state index in [9.17, 15) is 14.4 Å². The molecule has 0 saturated carbocycles. The zero-order valence-corrected chi connectivity index (χ0v) is 16.7. The number of esters is 1. The first-order valence-electron chi connectivity index (χ1n) is 8.68. The van der Waals surface area contributed by atoms with Crippen LogP contribution in [0.15, 0.2) is 23.6 Å². The Labute approximate surface area is 170 Å². The predicted octanol–water partition coefficient (Wildman–Crippen LogP) is 2.91. The van der Waals surface area contributed by atoms with Crippen LogP contribution in [0.4, 0.5) is 0 Å². The quantitative estimate of drug-likeness (QED) is 0.570. The lowest BCUT2D eigenvalue weighted by Crippen LogP contribution is -2.43. The van der Waals surface area contributed by atoms with Crippen molar-refractivity contribution in [3.63, 3.8) is 0 Å². The molecule has 28 heavy (non-hydrogen) atoms. The monoisotopic (exact) mass is 422 g/mol. The molecular formula is C19H19ClN2O5S. The van der Waals surface area contributed by atoms with Gasteiger partial charge in [0, 0.05) is 15.3 Å². The number of hydrazine groups is 1. The summed E-state index contributed by atoms with van der Waals surface area (Å²) in [6, 6.07) is 4.54. The normalized spacial score (nSPS) is 12.6. The zero-order valence-electron chi connectivity index (χ0n) is 15.2. The molecule has 1 heterocycles. The first-order valence-corrected chi connectivity index (χ1v) is 9.94. The molecular weight excluding hydrogens is 404 g/mol. The molecule has 2 aromatic rings. The van der Waals surface area contributed by atoms with E-state index in [1.54, 1.807) is 28.8 Å². The summed E-state index contributed by atoms with van der Waals surface area (Å²) in [5, 5.41) is 2.13. The highest BCUT2D eigenvalue weighted by Gasteiger charge is 2.22. The summed E-state index contributed by atoms with van der Waals surface area (Å²) >= 11 is 7.43. The van der Waals surface area contributed by atoms with E-state index in [-0.39, 0.29) is 5.56 Å². The van der Waals surface area contributed by atoms with Crippen LogP contribution in [0.3, 0.4) is 0 Å². The second-order valence-corrected chi connectivity index (χ2v) is 7.58. The Bertz CT molecular complexity index is 912. The van der Waals surface area contributed by atoms with E-state index < -0.39 is 24.4 Å². The third kappa shape index (κ3) is 4.63. The largest absolute Gasteiger partial charge is 0.496 e. The summed E-state index contributed by atoms with van der Waals surface area (Å²) < 4.78 is 10.2. The van der Waals surface area contributed by atoms with Gasteiger partial charge in [0.1, 0.15) is 5.75 Å². The lowest BCUT2D eigenvalue weighted by molar-refractivity contribution is -0.125. The van der Waals surface area contributed by atoms with Gasteiger partial charge < -0.3 is 9.47 Å². The number of nitrogens with one attached hydrogen (secondary N) is 2. The molecule has 0 bridgehead atoms. The van der Waals surface area contributed by atoms with Crippen molar-refractivity contribution in [2.24, 2.45) is 0 Å². The van der Waals surface area contributed by atoms with Crippen LogP contribution in [0.25, 0.3) is 0 Å². The molecule has 9 heteroatoms. The van der Waals surface area contributed by atoms with Crippen molar-refractivity contribution < 1.29 is 23.9 Å². The maximum absolute atomic E-state index is 12.2. The molecule has 3 rings (SSSR count). The Balaban J connectivity index is 1.51. The molecule has 1 aromatic heterocycles. The van der Waals surface area contributed by atoms with E-state index in [1.165, 1.54) is 18.1 Å². The number of methoxy groups -OCH3 is 1. The molecule has 0 radical (unpaired) electrons. The number of carbonyl (C=O) groups excluding carboxylic acids is 3. The number of aryl methyl sites for hydroxylation is 1. The van der Waals surface area contributed by atoms with Crippen LogP contribution in [0.1, 0.15) is 44.0 Å². The van der Waals surface area contributed by atoms with E-state index in [2.05, 4.69) is 10.9 Å². The summed E-state index contributed by atoms with van der Waals surface area (Å²) in [5.74, 6) is -1.49. The van der Waals surface area contributed by atoms with Gasteiger partial charge in [0.25, 0.3) is 11.8 Å². The second-order valence-electron chi connectivity index (χ2n) is 6.18. The number of hydrogen-bond acceptors (Lipinski definition) is 6. The molecule has 1 aliphatic carbocycles. The van der Waals surface area contributed by atoms with Gasteiger partial charge in [-0.05, 0) is 49.4 Å². The maximum atomic E-state index is 12.2. The first-order chi connectivity index (χ1) is 13.5. The molecule has 0 fully saturated rings. The van der Waals surface area contributed by atoms with Crippen LogP contribution < -0.4 is 15.6 Å². The standard InChI is InChI=1S/C19H19ClN2O5S/c1-26-15-7-6-11(20)8-13(15)18(24)22-21-17(23)9-27-19(25)14-10-28-16-5-3-2-4-12(14)16/h6-8,10H,2-5,9H2,1H3,(H,21,23)(H,22,24). The predicted molar refractivity (Wildman–Crippen MR) is 105 cm³/mol. The van der Waals surface area contributed by atoms with Gasteiger partial charge in [-0.25, -0.2) is 4.79 Å². The molecule has 0 atom stereocenters. The van der Waals surface area contributed by atoms with Crippen LogP contribution in [0, 0.1) is 0 Å². The molecule has 0 spiro atoms. The van der Waals surface area contributed by atoms with Crippen LogP contribution in [-0.2, 0) is 22.4 Å². The number of carbonyl (C=O) groups is 3. The van der Waals surface area contributed by atoms with Crippen LogP contribution in [-0.4, -0.2) is 31.5 Å². The number of amides is 2. The third-order valence-corrected chi connectivity index (χ3v) is 5.66. The Morgan fingerprint density at radius 1 is 1.14 bits per heavy atom. The van der Waals surface area contributed by atoms with Gasteiger partial charge in [-0.3, -0.25) is 20.4 Å². The number of rotatable bonds is 5. The fraction of sp³-hybridized carbons (Fsp3) is 0.316. The molecule has 0 aliphatic heterocycles. The molecule has 1 aromatic carbocycles. The van der Waals surface area contributed by atoms with Crippen LogP contribution in [0.5, 0.6) is 5.75 Å². The van der Waals surface area contributed by atoms with Gasteiger partial charge in [0.05, 0.1) is 18.2 Å². The first kappa shape index (κ1) is 20.2. The molecule has 2 amide bonds. The fourth-order valence-corrected chi connectivity index (χ4v) is 4.25.